The summed E-state index contributed by atoms with van der Waals surface area (Å²) < 4.78 is 0. The van der Waals surface area contributed by atoms with E-state index in [4.69, 9.17) is 0 Å². The lowest BCUT2D eigenvalue weighted by Crippen LogP contribution is -2.11. The topological polar surface area (TPSA) is 29.1 Å². The van der Waals surface area contributed by atoms with Crippen molar-refractivity contribution in [3.05, 3.63) is 29.8 Å². The van der Waals surface area contributed by atoms with E-state index in [9.17, 15) is 4.79 Å². The number of amides is 1. The van der Waals surface area contributed by atoms with Gasteiger partial charge in [0, 0.05) is 23.1 Å². The van der Waals surface area contributed by atoms with Crippen LogP contribution in [0.25, 0.3) is 0 Å². The normalized spacial score (nSPS) is 18.1. The Kier molecular flexibility index (Phi) is 6.97. The van der Waals surface area contributed by atoms with Crippen molar-refractivity contribution in [2.75, 3.05) is 11.1 Å². The number of hydrogen-bond acceptors (Lipinski definition) is 3. The molecule has 1 amide bonds. The van der Waals surface area contributed by atoms with Crippen LogP contribution in [0.15, 0.2) is 24.3 Å². The van der Waals surface area contributed by atoms with Gasteiger partial charge < -0.3 is 5.32 Å². The Balaban J connectivity index is 1.64. The first-order valence-corrected chi connectivity index (χ1v) is 10.2. The molecule has 116 valence electrons. The van der Waals surface area contributed by atoms with Crippen molar-refractivity contribution in [3.63, 3.8) is 0 Å². The molecule has 0 aliphatic carbocycles. The number of benzene rings is 1. The zero-order chi connectivity index (χ0) is 15.1. The van der Waals surface area contributed by atoms with Gasteiger partial charge in [0.05, 0.1) is 0 Å². The van der Waals surface area contributed by atoms with E-state index in [2.05, 4.69) is 31.3 Å². The largest absolute Gasteiger partial charge is 0.326 e. The van der Waals surface area contributed by atoms with E-state index in [1.54, 1.807) is 0 Å². The van der Waals surface area contributed by atoms with Crippen molar-refractivity contribution >= 4 is 33.2 Å². The monoisotopic (exact) mass is 323 g/mol. The number of nitrogens with one attached hydrogen (secondary N) is 1. The number of rotatable bonds is 7. The van der Waals surface area contributed by atoms with Gasteiger partial charge in [-0.3, -0.25) is 4.79 Å². The summed E-state index contributed by atoms with van der Waals surface area (Å²) in [5.74, 6) is 1.96. The molecule has 1 heterocycles. The molecule has 1 aromatic carbocycles. The van der Waals surface area contributed by atoms with Gasteiger partial charge in [-0.15, -0.1) is 0 Å². The highest BCUT2D eigenvalue weighted by molar-refractivity contribution is 8.77. The second kappa shape index (κ2) is 8.74. The minimum Gasteiger partial charge on any atom is -0.326 e. The summed E-state index contributed by atoms with van der Waals surface area (Å²) in [6, 6.07) is 8.18. The number of carbonyl (C=O) groups excluding carboxylic acids is 1. The summed E-state index contributed by atoms with van der Waals surface area (Å²) >= 11 is 0. The van der Waals surface area contributed by atoms with Crippen LogP contribution < -0.4 is 5.32 Å². The minimum absolute atomic E-state index is 0.140. The van der Waals surface area contributed by atoms with Crippen LogP contribution in [0, 0.1) is 0 Å². The first-order chi connectivity index (χ1) is 10.1. The van der Waals surface area contributed by atoms with Crippen LogP contribution >= 0.6 is 21.6 Å². The van der Waals surface area contributed by atoms with Crippen molar-refractivity contribution in [3.8, 4) is 0 Å². The number of hydrogen-bond donors (Lipinski definition) is 1. The average Bonchev–Trinajstić information content (AvgIpc) is 2.97. The standard InChI is InChI=1S/C17H25NOS2/c1-13(2)14-7-9-15(10-8-14)18-17(19)6-4-3-5-16-11-12-20-21-16/h7-10,13,16H,3-6,11-12H2,1-2H3,(H,18,19). The van der Waals surface area contributed by atoms with Crippen LogP contribution in [0.1, 0.15) is 57.4 Å². The molecule has 0 saturated carbocycles. The van der Waals surface area contributed by atoms with Crippen molar-refractivity contribution < 1.29 is 4.79 Å². The van der Waals surface area contributed by atoms with Crippen LogP contribution in [0.2, 0.25) is 0 Å². The van der Waals surface area contributed by atoms with E-state index < -0.39 is 0 Å². The van der Waals surface area contributed by atoms with Gasteiger partial charge in [0.25, 0.3) is 0 Å². The van der Waals surface area contributed by atoms with E-state index in [1.807, 2.05) is 33.7 Å². The molecule has 4 heteroatoms. The van der Waals surface area contributed by atoms with Gasteiger partial charge in [0.1, 0.15) is 0 Å². The number of unbranched alkanes of at least 4 members (excludes halogenated alkanes) is 1. The summed E-state index contributed by atoms with van der Waals surface area (Å²) in [4.78, 5) is 11.9. The molecule has 1 aliphatic rings. The number of anilines is 1. The highest BCUT2D eigenvalue weighted by Gasteiger charge is 2.15. The van der Waals surface area contributed by atoms with E-state index >= 15 is 0 Å². The maximum Gasteiger partial charge on any atom is 0.224 e. The fourth-order valence-electron chi connectivity index (χ4n) is 2.40. The van der Waals surface area contributed by atoms with Crippen molar-refractivity contribution in [1.82, 2.24) is 0 Å². The van der Waals surface area contributed by atoms with Crippen LogP contribution in [0.4, 0.5) is 5.69 Å². The summed E-state index contributed by atoms with van der Waals surface area (Å²) in [6.45, 7) is 4.35. The highest BCUT2D eigenvalue weighted by Crippen LogP contribution is 2.39. The SMILES string of the molecule is CC(C)c1ccc(NC(=O)CCCCC2CCSS2)cc1. The van der Waals surface area contributed by atoms with Gasteiger partial charge in [-0.05, 0) is 42.9 Å². The Bertz CT molecular complexity index is 439. The molecule has 1 unspecified atom stereocenters. The first-order valence-electron chi connectivity index (χ1n) is 7.83. The Hall–Kier alpha value is -0.610. The van der Waals surface area contributed by atoms with Crippen molar-refractivity contribution in [1.29, 1.82) is 0 Å². The predicted octanol–water partition coefficient (Wildman–Crippen LogP) is 5.46. The minimum atomic E-state index is 0.140. The lowest BCUT2D eigenvalue weighted by molar-refractivity contribution is -0.116. The fraction of sp³-hybridized carbons (Fsp3) is 0.588. The Labute approximate surface area is 136 Å². The van der Waals surface area contributed by atoms with E-state index in [0.717, 1.165) is 23.8 Å². The molecule has 1 N–H and O–H groups in total. The summed E-state index contributed by atoms with van der Waals surface area (Å²) in [7, 11) is 4.01. The molecular formula is C17H25NOS2. The summed E-state index contributed by atoms with van der Waals surface area (Å²) in [5.41, 5.74) is 2.21. The Morgan fingerprint density at radius 3 is 2.67 bits per heavy atom. The molecule has 2 nitrogen and oxygen atoms in total. The van der Waals surface area contributed by atoms with Crippen molar-refractivity contribution in [2.24, 2.45) is 0 Å². The lowest BCUT2D eigenvalue weighted by atomic mass is 10.0. The maximum absolute atomic E-state index is 11.9. The molecule has 1 aliphatic heterocycles. The molecule has 0 aromatic heterocycles. The molecule has 0 spiro atoms. The second-order valence-corrected chi connectivity index (χ2v) is 8.69. The molecule has 1 atom stereocenters. The molecular weight excluding hydrogens is 298 g/mol. The van der Waals surface area contributed by atoms with Crippen molar-refractivity contribution in [2.45, 2.75) is 57.1 Å². The third-order valence-corrected chi connectivity index (χ3v) is 6.78. The van der Waals surface area contributed by atoms with Gasteiger partial charge in [-0.2, -0.15) is 0 Å². The average molecular weight is 324 g/mol. The maximum atomic E-state index is 11.9. The molecule has 1 aromatic rings. The van der Waals surface area contributed by atoms with Crippen LogP contribution in [0.3, 0.4) is 0 Å². The van der Waals surface area contributed by atoms with E-state index in [0.29, 0.717) is 12.3 Å². The molecule has 1 saturated heterocycles. The lowest BCUT2D eigenvalue weighted by Gasteiger charge is -2.09. The third-order valence-electron chi connectivity index (χ3n) is 3.77. The molecule has 0 radical (unpaired) electrons. The highest BCUT2D eigenvalue weighted by atomic mass is 33.1. The van der Waals surface area contributed by atoms with Crippen LogP contribution in [0.5, 0.6) is 0 Å². The summed E-state index contributed by atoms with van der Waals surface area (Å²) in [6.07, 6.45) is 5.39. The van der Waals surface area contributed by atoms with Gasteiger partial charge >= 0.3 is 0 Å². The second-order valence-electron chi connectivity index (χ2n) is 5.90. The quantitative estimate of drug-likeness (QED) is 0.533. The predicted molar refractivity (Wildman–Crippen MR) is 96.1 cm³/mol. The smallest absolute Gasteiger partial charge is 0.224 e. The van der Waals surface area contributed by atoms with E-state index in [1.165, 1.54) is 24.2 Å². The van der Waals surface area contributed by atoms with Gasteiger partial charge in [-0.1, -0.05) is 54.0 Å². The zero-order valence-corrected chi connectivity index (χ0v) is 14.6. The van der Waals surface area contributed by atoms with Crippen LogP contribution in [-0.2, 0) is 4.79 Å². The Morgan fingerprint density at radius 2 is 2.05 bits per heavy atom. The Morgan fingerprint density at radius 1 is 1.29 bits per heavy atom. The summed E-state index contributed by atoms with van der Waals surface area (Å²) in [5, 5.41) is 3.81. The zero-order valence-electron chi connectivity index (χ0n) is 12.9. The van der Waals surface area contributed by atoms with Gasteiger partial charge in [-0.25, -0.2) is 0 Å². The number of carbonyl (C=O) groups is 1. The van der Waals surface area contributed by atoms with Gasteiger partial charge in [0.2, 0.25) is 5.91 Å². The third kappa shape index (κ3) is 5.95. The molecule has 21 heavy (non-hydrogen) atoms. The fourth-order valence-corrected chi connectivity index (χ4v) is 5.42. The van der Waals surface area contributed by atoms with E-state index in [-0.39, 0.29) is 5.91 Å². The van der Waals surface area contributed by atoms with Crippen LogP contribution in [-0.4, -0.2) is 16.9 Å². The molecule has 2 rings (SSSR count). The molecule has 1 fully saturated rings. The van der Waals surface area contributed by atoms with Gasteiger partial charge in [0.15, 0.2) is 0 Å². The molecule has 0 bridgehead atoms. The first kappa shape index (κ1) is 16.8.